The molecule has 0 bridgehead atoms. The molecule has 0 heterocycles. The average Bonchev–Trinajstić information content (AvgIpc) is 2.59. The van der Waals surface area contributed by atoms with Gasteiger partial charge in [0.15, 0.2) is 5.96 Å². The van der Waals surface area contributed by atoms with E-state index in [1.54, 1.807) is 0 Å². The van der Waals surface area contributed by atoms with Crippen molar-refractivity contribution in [1.82, 2.24) is 10.6 Å². The summed E-state index contributed by atoms with van der Waals surface area (Å²) >= 11 is 0. The van der Waals surface area contributed by atoms with Gasteiger partial charge in [-0.2, -0.15) is 0 Å². The van der Waals surface area contributed by atoms with Gasteiger partial charge in [0.2, 0.25) is 0 Å². The van der Waals surface area contributed by atoms with Gasteiger partial charge in [0.25, 0.3) is 0 Å². The first-order valence-electron chi connectivity index (χ1n) is 10.0. The molecule has 2 aliphatic rings. The Bertz CT molecular complexity index is 427. The minimum Gasteiger partial charge on any atom is -0.357 e. The largest absolute Gasteiger partial charge is 0.357 e. The Kier molecular flexibility index (Phi) is 8.57. The van der Waals surface area contributed by atoms with Crippen LogP contribution >= 0.6 is 0 Å². The van der Waals surface area contributed by atoms with E-state index in [1.165, 1.54) is 38.5 Å². The monoisotopic (exact) mass is 355 g/mol. The number of aliphatic imine (C=N–C) groups is 1. The van der Waals surface area contributed by atoms with Crippen molar-refractivity contribution in [3.05, 3.63) is 0 Å². The standard InChI is InChI=1S/C19H37N3OS/c1-4-20-19(21-14-16-9-6-8-15(3)12-16)22-17-10-7-11-18(13-17)24(23)5-2/h15-18H,4-14H2,1-3H3,(H2,20,21,22). The summed E-state index contributed by atoms with van der Waals surface area (Å²) in [6.45, 7) is 8.36. The molecule has 2 rings (SSSR count). The van der Waals surface area contributed by atoms with Crippen LogP contribution in [0.15, 0.2) is 4.99 Å². The Balaban J connectivity index is 1.87. The highest BCUT2D eigenvalue weighted by Gasteiger charge is 2.26. The van der Waals surface area contributed by atoms with Crippen LogP contribution in [0.1, 0.15) is 72.1 Å². The minimum absolute atomic E-state index is 0.364. The quantitative estimate of drug-likeness (QED) is 0.567. The Morgan fingerprint density at radius 2 is 1.92 bits per heavy atom. The highest BCUT2D eigenvalue weighted by atomic mass is 32.2. The summed E-state index contributed by atoms with van der Waals surface area (Å²) in [4.78, 5) is 4.87. The lowest BCUT2D eigenvalue weighted by atomic mass is 9.82. The normalized spacial score (nSPS) is 33.0. The molecule has 140 valence electrons. The van der Waals surface area contributed by atoms with Crippen molar-refractivity contribution in [3.63, 3.8) is 0 Å². The van der Waals surface area contributed by atoms with Crippen molar-refractivity contribution >= 4 is 16.8 Å². The number of guanidine groups is 1. The van der Waals surface area contributed by atoms with E-state index in [2.05, 4.69) is 24.5 Å². The molecular weight excluding hydrogens is 318 g/mol. The van der Waals surface area contributed by atoms with Crippen LogP contribution < -0.4 is 10.6 Å². The number of rotatable bonds is 6. The smallest absolute Gasteiger partial charge is 0.191 e. The molecule has 2 N–H and O–H groups in total. The molecule has 0 amide bonds. The second-order valence-electron chi connectivity index (χ2n) is 7.66. The lowest BCUT2D eigenvalue weighted by Gasteiger charge is -2.30. The van der Waals surface area contributed by atoms with Crippen molar-refractivity contribution in [1.29, 1.82) is 0 Å². The van der Waals surface area contributed by atoms with Gasteiger partial charge in [0.1, 0.15) is 0 Å². The molecule has 5 atom stereocenters. The zero-order valence-corrected chi connectivity index (χ0v) is 16.7. The average molecular weight is 356 g/mol. The number of hydrogen-bond acceptors (Lipinski definition) is 2. The van der Waals surface area contributed by atoms with E-state index < -0.39 is 10.8 Å². The van der Waals surface area contributed by atoms with Gasteiger partial charge >= 0.3 is 0 Å². The van der Waals surface area contributed by atoms with Gasteiger partial charge in [-0.25, -0.2) is 0 Å². The molecule has 2 saturated carbocycles. The molecule has 0 saturated heterocycles. The summed E-state index contributed by atoms with van der Waals surface area (Å²) in [6.07, 6.45) is 9.88. The molecule has 5 unspecified atom stereocenters. The van der Waals surface area contributed by atoms with Crippen LogP contribution in [0, 0.1) is 11.8 Å². The molecule has 0 radical (unpaired) electrons. The van der Waals surface area contributed by atoms with Crippen LogP contribution in [0.5, 0.6) is 0 Å². The first kappa shape index (κ1) is 19.7. The van der Waals surface area contributed by atoms with Crippen LogP contribution in [0.4, 0.5) is 0 Å². The summed E-state index contributed by atoms with van der Waals surface area (Å²) in [5, 5.41) is 7.39. The van der Waals surface area contributed by atoms with E-state index in [1.807, 2.05) is 6.92 Å². The molecule has 2 fully saturated rings. The van der Waals surface area contributed by atoms with Gasteiger partial charge in [-0.1, -0.05) is 33.1 Å². The topological polar surface area (TPSA) is 53.5 Å². The third-order valence-electron chi connectivity index (χ3n) is 5.52. The van der Waals surface area contributed by atoms with Crippen molar-refractivity contribution < 1.29 is 4.21 Å². The Labute approximate surface area is 151 Å². The summed E-state index contributed by atoms with van der Waals surface area (Å²) < 4.78 is 12.1. The van der Waals surface area contributed by atoms with E-state index in [0.717, 1.165) is 49.5 Å². The summed E-state index contributed by atoms with van der Waals surface area (Å²) in [5.41, 5.74) is 0. The molecule has 5 heteroatoms. The molecule has 24 heavy (non-hydrogen) atoms. The lowest BCUT2D eigenvalue weighted by molar-refractivity contribution is 0.288. The first-order valence-corrected chi connectivity index (χ1v) is 11.4. The summed E-state index contributed by atoms with van der Waals surface area (Å²) in [5.74, 6) is 3.35. The molecule has 0 aromatic rings. The summed E-state index contributed by atoms with van der Waals surface area (Å²) in [7, 11) is -0.665. The van der Waals surface area contributed by atoms with E-state index in [9.17, 15) is 4.21 Å². The zero-order chi connectivity index (χ0) is 17.4. The van der Waals surface area contributed by atoms with Crippen molar-refractivity contribution in [2.75, 3.05) is 18.8 Å². The van der Waals surface area contributed by atoms with Gasteiger partial charge in [-0.05, 0) is 50.9 Å². The number of nitrogens with zero attached hydrogens (tertiary/aromatic N) is 1. The van der Waals surface area contributed by atoms with Gasteiger partial charge in [0.05, 0.1) is 0 Å². The van der Waals surface area contributed by atoms with Crippen LogP contribution in [-0.4, -0.2) is 40.3 Å². The van der Waals surface area contributed by atoms with Crippen molar-refractivity contribution in [2.45, 2.75) is 83.4 Å². The maximum Gasteiger partial charge on any atom is 0.191 e. The van der Waals surface area contributed by atoms with Gasteiger partial charge in [-0.15, -0.1) is 0 Å². The van der Waals surface area contributed by atoms with Crippen molar-refractivity contribution in [2.24, 2.45) is 16.8 Å². The lowest BCUT2D eigenvalue weighted by Crippen LogP contribution is -2.46. The summed E-state index contributed by atoms with van der Waals surface area (Å²) in [6, 6.07) is 0.419. The molecular formula is C19H37N3OS. The van der Waals surface area contributed by atoms with E-state index >= 15 is 0 Å². The predicted octanol–water partition coefficient (Wildman–Crippen LogP) is 3.45. The van der Waals surface area contributed by atoms with Crippen molar-refractivity contribution in [3.8, 4) is 0 Å². The number of hydrogen-bond donors (Lipinski definition) is 2. The van der Waals surface area contributed by atoms with E-state index in [4.69, 9.17) is 4.99 Å². The molecule has 0 aromatic heterocycles. The second kappa shape index (κ2) is 10.4. The first-order chi connectivity index (χ1) is 11.6. The molecule has 0 aliphatic heterocycles. The Hall–Kier alpha value is -0.580. The molecule has 4 nitrogen and oxygen atoms in total. The van der Waals surface area contributed by atoms with Gasteiger partial charge < -0.3 is 10.6 Å². The maximum absolute atomic E-state index is 12.1. The fourth-order valence-corrected chi connectivity index (χ4v) is 5.56. The highest BCUT2D eigenvalue weighted by Crippen LogP contribution is 2.28. The molecule has 2 aliphatic carbocycles. The third-order valence-corrected chi connectivity index (χ3v) is 7.26. The van der Waals surface area contributed by atoms with Gasteiger partial charge in [0, 0.05) is 40.9 Å². The van der Waals surface area contributed by atoms with Crippen LogP contribution in [0.2, 0.25) is 0 Å². The van der Waals surface area contributed by atoms with Gasteiger partial charge in [-0.3, -0.25) is 9.20 Å². The molecule has 0 spiro atoms. The fourth-order valence-electron chi connectivity index (χ4n) is 4.21. The van der Waals surface area contributed by atoms with Crippen LogP contribution in [0.25, 0.3) is 0 Å². The third kappa shape index (κ3) is 6.38. The van der Waals surface area contributed by atoms with E-state index in [0.29, 0.717) is 11.3 Å². The van der Waals surface area contributed by atoms with E-state index in [-0.39, 0.29) is 0 Å². The number of nitrogens with one attached hydrogen (secondary N) is 2. The maximum atomic E-state index is 12.1. The molecule has 0 aromatic carbocycles. The zero-order valence-electron chi connectivity index (χ0n) is 15.9. The Morgan fingerprint density at radius 1 is 1.12 bits per heavy atom. The van der Waals surface area contributed by atoms with Crippen LogP contribution in [-0.2, 0) is 10.8 Å². The Morgan fingerprint density at radius 3 is 2.62 bits per heavy atom. The van der Waals surface area contributed by atoms with Crippen LogP contribution in [0.3, 0.4) is 0 Å². The predicted molar refractivity (Wildman–Crippen MR) is 105 cm³/mol. The fraction of sp³-hybridized carbons (Fsp3) is 0.947. The highest BCUT2D eigenvalue weighted by molar-refractivity contribution is 7.85. The second-order valence-corrected chi connectivity index (χ2v) is 9.66. The SMILES string of the molecule is CCNC(=NCC1CCCC(C)C1)NC1CCCC(S(=O)CC)C1. The minimum atomic E-state index is -0.665.